The maximum atomic E-state index is 13.0. The predicted molar refractivity (Wildman–Crippen MR) is 97.1 cm³/mol. The van der Waals surface area contributed by atoms with Crippen molar-refractivity contribution >= 4 is 10.0 Å². The summed E-state index contributed by atoms with van der Waals surface area (Å²) in [6, 6.07) is 4.04. The van der Waals surface area contributed by atoms with E-state index < -0.39 is 10.0 Å². The number of fused-ring (bicyclic) bond motifs is 4. The summed E-state index contributed by atoms with van der Waals surface area (Å²) in [5.74, 6) is 0.378. The van der Waals surface area contributed by atoms with E-state index in [1.807, 2.05) is 10.6 Å². The second-order valence-electron chi connectivity index (χ2n) is 7.91. The molecule has 2 saturated heterocycles. The first-order valence-corrected chi connectivity index (χ1v) is 11.2. The van der Waals surface area contributed by atoms with Gasteiger partial charge in [-0.1, -0.05) is 12.5 Å². The summed E-state index contributed by atoms with van der Waals surface area (Å²) in [5.41, 5.74) is 2.02. The molecule has 7 heteroatoms. The number of likely N-dealkylation sites (tertiary alicyclic amines) is 1. The SMILES string of the molecule is CS(=O)(=O)N1C[C@@H]2C[C@H](C1)c1ccc(CN3CCCCC3)c(=O)n1C2. The third kappa shape index (κ3) is 3.41. The fourth-order valence-corrected chi connectivity index (χ4v) is 5.63. The Morgan fingerprint density at radius 2 is 1.84 bits per heavy atom. The monoisotopic (exact) mass is 365 g/mol. The minimum absolute atomic E-state index is 0.130. The molecule has 1 aromatic rings. The van der Waals surface area contributed by atoms with Gasteiger partial charge in [-0.05, 0) is 44.3 Å². The Morgan fingerprint density at radius 3 is 2.56 bits per heavy atom. The normalized spacial score (nSPS) is 27.9. The predicted octanol–water partition coefficient (Wildman–Crippen LogP) is 1.21. The highest BCUT2D eigenvalue weighted by Gasteiger charge is 2.37. The molecule has 2 atom stereocenters. The Balaban J connectivity index is 1.60. The highest BCUT2D eigenvalue weighted by atomic mass is 32.2. The molecule has 6 nitrogen and oxygen atoms in total. The van der Waals surface area contributed by atoms with Crippen molar-refractivity contribution in [1.82, 2.24) is 13.8 Å². The lowest BCUT2D eigenvalue weighted by Crippen LogP contribution is -2.49. The zero-order valence-corrected chi connectivity index (χ0v) is 15.7. The Bertz CT molecular complexity index is 811. The Morgan fingerprint density at radius 1 is 1.08 bits per heavy atom. The van der Waals surface area contributed by atoms with Crippen molar-refractivity contribution in [3.8, 4) is 0 Å². The van der Waals surface area contributed by atoms with Crippen LogP contribution in [0.4, 0.5) is 0 Å². The van der Waals surface area contributed by atoms with Crippen LogP contribution in [-0.2, 0) is 23.1 Å². The standard InChI is InChI=1S/C18H27N3O3S/c1-25(23,24)20-10-14-9-16(13-20)17-6-5-15(18(22)21(17)11-14)12-19-7-3-2-4-8-19/h5-6,14,16H,2-4,7-13H2,1H3/t14-,16+/m0/s1. The van der Waals surface area contributed by atoms with Crippen LogP contribution < -0.4 is 5.56 Å². The number of rotatable bonds is 3. The molecule has 0 aromatic carbocycles. The van der Waals surface area contributed by atoms with Crippen LogP contribution in [0.3, 0.4) is 0 Å². The molecule has 3 aliphatic heterocycles. The van der Waals surface area contributed by atoms with Gasteiger partial charge in [0.25, 0.3) is 5.56 Å². The third-order valence-electron chi connectivity index (χ3n) is 5.96. The molecule has 0 unspecified atom stereocenters. The molecule has 4 heterocycles. The van der Waals surface area contributed by atoms with Gasteiger partial charge in [-0.3, -0.25) is 9.69 Å². The van der Waals surface area contributed by atoms with Crippen LogP contribution in [0, 0.1) is 5.92 Å². The molecule has 2 fully saturated rings. The average Bonchev–Trinajstić information content (AvgIpc) is 2.58. The Hall–Kier alpha value is -1.18. The maximum absolute atomic E-state index is 13.0. The summed E-state index contributed by atoms with van der Waals surface area (Å²) in [4.78, 5) is 15.4. The zero-order valence-electron chi connectivity index (χ0n) is 14.9. The highest BCUT2D eigenvalue weighted by Crippen LogP contribution is 2.36. The Kier molecular flexibility index (Phi) is 4.50. The number of aromatic nitrogens is 1. The summed E-state index contributed by atoms with van der Waals surface area (Å²) < 4.78 is 27.4. The maximum Gasteiger partial charge on any atom is 0.255 e. The largest absolute Gasteiger partial charge is 0.312 e. The minimum Gasteiger partial charge on any atom is -0.312 e. The first-order chi connectivity index (χ1) is 11.9. The molecule has 0 spiro atoms. The first kappa shape index (κ1) is 17.2. The fourth-order valence-electron chi connectivity index (χ4n) is 4.70. The van der Waals surface area contributed by atoms with Crippen LogP contribution in [0.2, 0.25) is 0 Å². The van der Waals surface area contributed by atoms with Gasteiger partial charge in [-0.25, -0.2) is 12.7 Å². The van der Waals surface area contributed by atoms with E-state index in [-0.39, 0.29) is 17.4 Å². The number of pyridine rings is 1. The molecule has 25 heavy (non-hydrogen) atoms. The molecule has 4 rings (SSSR count). The summed E-state index contributed by atoms with van der Waals surface area (Å²) in [5, 5.41) is 0. The molecule has 138 valence electrons. The van der Waals surface area contributed by atoms with Crippen molar-refractivity contribution in [2.24, 2.45) is 5.92 Å². The smallest absolute Gasteiger partial charge is 0.255 e. The first-order valence-electron chi connectivity index (χ1n) is 9.32. The van der Waals surface area contributed by atoms with Gasteiger partial charge in [-0.15, -0.1) is 0 Å². The number of hydrogen-bond acceptors (Lipinski definition) is 4. The topological polar surface area (TPSA) is 62.6 Å². The van der Waals surface area contributed by atoms with Crippen LogP contribution in [0.25, 0.3) is 0 Å². The third-order valence-corrected chi connectivity index (χ3v) is 7.20. The van der Waals surface area contributed by atoms with Crippen molar-refractivity contribution in [3.63, 3.8) is 0 Å². The molecule has 2 bridgehead atoms. The number of piperidine rings is 2. The summed E-state index contributed by atoms with van der Waals surface area (Å²) in [7, 11) is -3.17. The molecular weight excluding hydrogens is 338 g/mol. The number of hydrogen-bond donors (Lipinski definition) is 0. The van der Waals surface area contributed by atoms with Crippen LogP contribution >= 0.6 is 0 Å². The number of sulfonamides is 1. The van der Waals surface area contributed by atoms with E-state index in [9.17, 15) is 13.2 Å². The average molecular weight is 365 g/mol. The van der Waals surface area contributed by atoms with Crippen LogP contribution in [0.5, 0.6) is 0 Å². The zero-order chi connectivity index (χ0) is 17.6. The number of nitrogens with zero attached hydrogens (tertiary/aromatic N) is 3. The van der Waals surface area contributed by atoms with Gasteiger partial charge in [0, 0.05) is 43.4 Å². The quantitative estimate of drug-likeness (QED) is 0.808. The van der Waals surface area contributed by atoms with Gasteiger partial charge in [0.15, 0.2) is 0 Å². The minimum atomic E-state index is -3.17. The van der Waals surface area contributed by atoms with Crippen molar-refractivity contribution in [2.45, 2.75) is 44.7 Å². The van der Waals surface area contributed by atoms with E-state index in [4.69, 9.17) is 0 Å². The van der Waals surface area contributed by atoms with Crippen LogP contribution in [0.15, 0.2) is 16.9 Å². The van der Waals surface area contributed by atoms with Crippen molar-refractivity contribution in [1.29, 1.82) is 0 Å². The second-order valence-corrected chi connectivity index (χ2v) is 9.90. The van der Waals surface area contributed by atoms with Crippen LogP contribution in [-0.4, -0.2) is 54.6 Å². The summed E-state index contributed by atoms with van der Waals surface area (Å²) in [6.07, 6.45) is 6.00. The van der Waals surface area contributed by atoms with E-state index in [1.165, 1.54) is 25.5 Å². The van der Waals surface area contributed by atoms with Crippen molar-refractivity contribution in [3.05, 3.63) is 33.7 Å². The fraction of sp³-hybridized carbons (Fsp3) is 0.722. The highest BCUT2D eigenvalue weighted by molar-refractivity contribution is 7.88. The van der Waals surface area contributed by atoms with Gasteiger partial charge >= 0.3 is 0 Å². The van der Waals surface area contributed by atoms with Gasteiger partial charge in [0.05, 0.1) is 6.26 Å². The molecule has 3 aliphatic rings. The lowest BCUT2D eigenvalue weighted by Gasteiger charge is -2.41. The van der Waals surface area contributed by atoms with Crippen LogP contribution in [0.1, 0.15) is 42.9 Å². The molecule has 0 saturated carbocycles. The lowest BCUT2D eigenvalue weighted by molar-refractivity contribution is 0.185. The molecular formula is C18H27N3O3S. The van der Waals surface area contributed by atoms with E-state index in [1.54, 1.807) is 4.31 Å². The van der Waals surface area contributed by atoms with Gasteiger partial charge in [-0.2, -0.15) is 0 Å². The second kappa shape index (κ2) is 6.52. The van der Waals surface area contributed by atoms with Crippen molar-refractivity contribution in [2.75, 3.05) is 32.4 Å². The molecule has 1 aromatic heterocycles. The molecule has 0 N–H and O–H groups in total. The lowest BCUT2D eigenvalue weighted by atomic mass is 9.84. The summed E-state index contributed by atoms with van der Waals surface area (Å²) >= 11 is 0. The Labute approximate surface area is 149 Å². The van der Waals surface area contributed by atoms with E-state index in [0.717, 1.165) is 37.3 Å². The van der Waals surface area contributed by atoms with Gasteiger partial charge < -0.3 is 4.57 Å². The van der Waals surface area contributed by atoms with E-state index in [2.05, 4.69) is 11.0 Å². The van der Waals surface area contributed by atoms with Crippen molar-refractivity contribution < 1.29 is 8.42 Å². The molecule has 0 aliphatic carbocycles. The van der Waals surface area contributed by atoms with E-state index >= 15 is 0 Å². The van der Waals surface area contributed by atoms with E-state index in [0.29, 0.717) is 19.6 Å². The van der Waals surface area contributed by atoms with Gasteiger partial charge in [0.2, 0.25) is 10.0 Å². The molecule has 0 radical (unpaired) electrons. The molecule has 0 amide bonds. The summed E-state index contributed by atoms with van der Waals surface area (Å²) in [6.45, 7) is 4.58. The van der Waals surface area contributed by atoms with Gasteiger partial charge in [0.1, 0.15) is 0 Å².